The highest BCUT2D eigenvalue weighted by molar-refractivity contribution is 5.06. The molecule has 6 nitrogen and oxygen atoms in total. The summed E-state index contributed by atoms with van der Waals surface area (Å²) in [5.74, 6) is 2.40. The van der Waals surface area contributed by atoms with Gasteiger partial charge >= 0.3 is 0 Å². The second-order valence-electron chi connectivity index (χ2n) is 3.90. The second kappa shape index (κ2) is 3.15. The fourth-order valence-electron chi connectivity index (χ4n) is 1.55. The van der Waals surface area contributed by atoms with Gasteiger partial charge in [0, 0.05) is 5.92 Å². The van der Waals surface area contributed by atoms with Crippen molar-refractivity contribution in [2.75, 3.05) is 0 Å². The lowest BCUT2D eigenvalue weighted by Crippen LogP contribution is -2.09. The van der Waals surface area contributed by atoms with Crippen LogP contribution in [0.3, 0.4) is 0 Å². The van der Waals surface area contributed by atoms with Gasteiger partial charge in [-0.1, -0.05) is 0 Å². The predicted octanol–water partition coefficient (Wildman–Crippen LogP) is 0.883. The summed E-state index contributed by atoms with van der Waals surface area (Å²) in [7, 11) is 0. The summed E-state index contributed by atoms with van der Waals surface area (Å²) in [6, 6.07) is 0.0382. The molecule has 0 aliphatic heterocycles. The standard InChI is InChI=1S/C9H12N6/c1-6(15-5-10-4-11-15)8-12-9(14-13-8)7-2-3-7/h4-7H,2-3H2,1H3,(H,12,13,14). The molecular weight excluding hydrogens is 192 g/mol. The van der Waals surface area contributed by atoms with Gasteiger partial charge in [-0.05, 0) is 19.8 Å². The van der Waals surface area contributed by atoms with E-state index < -0.39 is 0 Å². The molecule has 0 bridgehead atoms. The average Bonchev–Trinajstić information content (AvgIpc) is 2.83. The highest BCUT2D eigenvalue weighted by Crippen LogP contribution is 2.38. The lowest BCUT2D eigenvalue weighted by molar-refractivity contribution is 0.536. The number of hydrogen-bond donors (Lipinski definition) is 1. The SMILES string of the molecule is CC(c1n[nH]c(C2CC2)n1)n1cncn1. The van der Waals surface area contributed by atoms with E-state index in [1.54, 1.807) is 11.0 Å². The number of nitrogens with zero attached hydrogens (tertiary/aromatic N) is 5. The first kappa shape index (κ1) is 8.58. The van der Waals surface area contributed by atoms with E-state index in [9.17, 15) is 0 Å². The van der Waals surface area contributed by atoms with Crippen molar-refractivity contribution in [3.05, 3.63) is 24.3 Å². The van der Waals surface area contributed by atoms with E-state index in [-0.39, 0.29) is 6.04 Å². The van der Waals surface area contributed by atoms with Crippen molar-refractivity contribution in [2.24, 2.45) is 0 Å². The average molecular weight is 204 g/mol. The molecule has 0 amide bonds. The molecule has 1 aliphatic carbocycles. The molecule has 0 saturated heterocycles. The molecule has 6 heteroatoms. The number of rotatable bonds is 3. The molecule has 0 aromatic carbocycles. The maximum Gasteiger partial charge on any atom is 0.174 e. The summed E-state index contributed by atoms with van der Waals surface area (Å²) < 4.78 is 1.75. The van der Waals surface area contributed by atoms with E-state index in [0.717, 1.165) is 11.6 Å². The Kier molecular flexibility index (Phi) is 1.80. The molecule has 1 aliphatic rings. The minimum atomic E-state index is 0.0382. The van der Waals surface area contributed by atoms with Gasteiger partial charge in [0.25, 0.3) is 0 Å². The molecule has 78 valence electrons. The van der Waals surface area contributed by atoms with Crippen LogP contribution in [0.4, 0.5) is 0 Å². The van der Waals surface area contributed by atoms with E-state index in [1.165, 1.54) is 19.2 Å². The largest absolute Gasteiger partial charge is 0.263 e. The molecule has 1 N–H and O–H groups in total. The highest BCUT2D eigenvalue weighted by Gasteiger charge is 2.28. The smallest absolute Gasteiger partial charge is 0.174 e. The number of aromatic amines is 1. The van der Waals surface area contributed by atoms with Gasteiger partial charge in [0.1, 0.15) is 24.5 Å². The van der Waals surface area contributed by atoms with E-state index in [2.05, 4.69) is 25.3 Å². The summed E-state index contributed by atoms with van der Waals surface area (Å²) in [5, 5.41) is 11.3. The Labute approximate surface area is 86.8 Å². The van der Waals surface area contributed by atoms with Crippen LogP contribution in [0.1, 0.15) is 43.4 Å². The van der Waals surface area contributed by atoms with Gasteiger partial charge in [-0.2, -0.15) is 10.2 Å². The molecule has 3 rings (SSSR count). The quantitative estimate of drug-likeness (QED) is 0.805. The van der Waals surface area contributed by atoms with E-state index in [4.69, 9.17) is 0 Å². The number of hydrogen-bond acceptors (Lipinski definition) is 4. The van der Waals surface area contributed by atoms with Crippen LogP contribution in [-0.4, -0.2) is 29.9 Å². The second-order valence-corrected chi connectivity index (χ2v) is 3.90. The molecule has 1 fully saturated rings. The molecular formula is C9H12N6. The van der Waals surface area contributed by atoms with Gasteiger partial charge in [0.15, 0.2) is 5.82 Å². The molecule has 2 heterocycles. The number of H-pyrrole nitrogens is 1. The van der Waals surface area contributed by atoms with Crippen molar-refractivity contribution in [1.29, 1.82) is 0 Å². The first-order valence-corrected chi connectivity index (χ1v) is 5.11. The van der Waals surface area contributed by atoms with Crippen LogP contribution in [0.15, 0.2) is 12.7 Å². The normalized spacial score (nSPS) is 17.9. The van der Waals surface area contributed by atoms with Gasteiger partial charge in [-0.25, -0.2) is 14.6 Å². The molecule has 15 heavy (non-hydrogen) atoms. The number of aromatic nitrogens is 6. The Morgan fingerprint density at radius 1 is 1.53 bits per heavy atom. The summed E-state index contributed by atoms with van der Waals surface area (Å²) in [4.78, 5) is 8.38. The van der Waals surface area contributed by atoms with Crippen LogP contribution in [0.5, 0.6) is 0 Å². The summed E-state index contributed by atoms with van der Waals surface area (Å²) in [6.07, 6.45) is 5.65. The maximum absolute atomic E-state index is 4.47. The van der Waals surface area contributed by atoms with Gasteiger partial charge in [0.05, 0.1) is 0 Å². The van der Waals surface area contributed by atoms with E-state index >= 15 is 0 Å². The topological polar surface area (TPSA) is 72.3 Å². The van der Waals surface area contributed by atoms with Crippen molar-refractivity contribution < 1.29 is 0 Å². The van der Waals surface area contributed by atoms with Crippen LogP contribution in [0, 0.1) is 0 Å². The van der Waals surface area contributed by atoms with Crippen molar-refractivity contribution in [2.45, 2.75) is 31.7 Å². The predicted molar refractivity (Wildman–Crippen MR) is 52.2 cm³/mol. The zero-order chi connectivity index (χ0) is 10.3. The van der Waals surface area contributed by atoms with Crippen molar-refractivity contribution >= 4 is 0 Å². The Morgan fingerprint density at radius 2 is 2.40 bits per heavy atom. The molecule has 1 unspecified atom stereocenters. The van der Waals surface area contributed by atoms with Gasteiger partial charge in [0.2, 0.25) is 0 Å². The fraction of sp³-hybridized carbons (Fsp3) is 0.556. The van der Waals surface area contributed by atoms with Crippen LogP contribution in [0.25, 0.3) is 0 Å². The molecule has 0 radical (unpaired) electrons. The molecule has 1 saturated carbocycles. The van der Waals surface area contributed by atoms with Crippen molar-refractivity contribution in [3.8, 4) is 0 Å². The zero-order valence-electron chi connectivity index (χ0n) is 8.46. The summed E-state index contributed by atoms with van der Waals surface area (Å²) in [5.41, 5.74) is 0. The van der Waals surface area contributed by atoms with Crippen molar-refractivity contribution in [3.63, 3.8) is 0 Å². The summed E-state index contributed by atoms with van der Waals surface area (Å²) in [6.45, 7) is 2.01. The fourth-order valence-corrected chi connectivity index (χ4v) is 1.55. The lowest BCUT2D eigenvalue weighted by Gasteiger charge is -2.05. The number of nitrogens with one attached hydrogen (secondary N) is 1. The molecule has 0 spiro atoms. The van der Waals surface area contributed by atoms with E-state index in [0.29, 0.717) is 5.92 Å². The van der Waals surface area contributed by atoms with Gasteiger partial charge in [-0.15, -0.1) is 0 Å². The lowest BCUT2D eigenvalue weighted by atomic mass is 10.3. The van der Waals surface area contributed by atoms with Crippen LogP contribution in [0.2, 0.25) is 0 Å². The first-order chi connectivity index (χ1) is 7.34. The van der Waals surface area contributed by atoms with Crippen LogP contribution < -0.4 is 0 Å². The highest BCUT2D eigenvalue weighted by atomic mass is 15.4. The van der Waals surface area contributed by atoms with Gasteiger partial charge in [-0.3, -0.25) is 5.10 Å². The Morgan fingerprint density at radius 3 is 3.07 bits per heavy atom. The molecule has 2 aromatic heterocycles. The van der Waals surface area contributed by atoms with E-state index in [1.807, 2.05) is 6.92 Å². The minimum absolute atomic E-state index is 0.0382. The van der Waals surface area contributed by atoms with Crippen molar-refractivity contribution in [1.82, 2.24) is 29.9 Å². The third kappa shape index (κ3) is 1.51. The molecule has 1 atom stereocenters. The van der Waals surface area contributed by atoms with Crippen LogP contribution >= 0.6 is 0 Å². The van der Waals surface area contributed by atoms with Gasteiger partial charge < -0.3 is 0 Å². The third-order valence-electron chi connectivity index (χ3n) is 2.69. The maximum atomic E-state index is 4.47. The third-order valence-corrected chi connectivity index (χ3v) is 2.69. The zero-order valence-corrected chi connectivity index (χ0v) is 8.46. The Balaban J connectivity index is 1.85. The Hall–Kier alpha value is -1.72. The van der Waals surface area contributed by atoms with Crippen LogP contribution in [-0.2, 0) is 0 Å². The first-order valence-electron chi connectivity index (χ1n) is 5.11. The summed E-state index contributed by atoms with van der Waals surface area (Å²) >= 11 is 0. The minimum Gasteiger partial charge on any atom is -0.263 e. The Bertz CT molecular complexity index is 441. The monoisotopic (exact) mass is 204 g/mol. The molecule has 2 aromatic rings.